The molecule has 0 radical (unpaired) electrons. The summed E-state index contributed by atoms with van der Waals surface area (Å²) >= 11 is 5.72. The lowest BCUT2D eigenvalue weighted by Gasteiger charge is -2.15. The summed E-state index contributed by atoms with van der Waals surface area (Å²) in [6.45, 7) is 1.19. The van der Waals surface area contributed by atoms with Crippen molar-refractivity contribution in [3.63, 3.8) is 0 Å². The predicted molar refractivity (Wildman–Crippen MR) is 97.8 cm³/mol. The number of ether oxygens (including phenoxy) is 1. The first kappa shape index (κ1) is 22.7. The van der Waals surface area contributed by atoms with Crippen molar-refractivity contribution in [3.05, 3.63) is 58.6 Å². The van der Waals surface area contributed by atoms with Crippen LogP contribution >= 0.6 is 11.6 Å². The minimum atomic E-state index is -4.59. The first-order valence-corrected chi connectivity index (χ1v) is 9.73. The number of hydrogen-bond donors (Lipinski definition) is 2. The molecule has 2 rings (SSSR count). The van der Waals surface area contributed by atoms with Crippen LogP contribution in [0, 0.1) is 0 Å². The fraction of sp³-hybridized carbons (Fsp3) is 0.176. The quantitative estimate of drug-likeness (QED) is 0.679. The molecule has 12 heteroatoms. The van der Waals surface area contributed by atoms with E-state index in [0.717, 1.165) is 36.4 Å². The molecule has 0 fully saturated rings. The van der Waals surface area contributed by atoms with Crippen LogP contribution in [-0.2, 0) is 25.7 Å². The second-order valence-electron chi connectivity index (χ2n) is 5.81. The summed E-state index contributed by atoms with van der Waals surface area (Å²) in [5, 5.41) is 6.99. The summed E-state index contributed by atoms with van der Waals surface area (Å²) < 4.78 is 66.0. The van der Waals surface area contributed by atoms with Crippen LogP contribution in [0.1, 0.15) is 22.8 Å². The number of rotatable bonds is 5. The Hall–Kier alpha value is -2.63. The number of halogens is 4. The number of nitrogens with one attached hydrogen (secondary N) is 1. The second kappa shape index (κ2) is 8.39. The van der Waals surface area contributed by atoms with E-state index in [1.807, 2.05) is 0 Å². The van der Waals surface area contributed by atoms with E-state index in [1.165, 1.54) is 13.0 Å². The average Bonchev–Trinajstić information content (AvgIpc) is 2.60. The van der Waals surface area contributed by atoms with Crippen molar-refractivity contribution in [3.8, 4) is 0 Å². The molecule has 0 heterocycles. The van der Waals surface area contributed by atoms with Crippen molar-refractivity contribution in [2.24, 2.45) is 5.14 Å². The fourth-order valence-corrected chi connectivity index (χ4v) is 3.22. The number of carbonyl (C=O) groups is 2. The predicted octanol–water partition coefficient (Wildman–Crippen LogP) is 3.19. The summed E-state index contributed by atoms with van der Waals surface area (Å²) in [4.78, 5) is 23.8. The minimum absolute atomic E-state index is 0.143. The van der Waals surface area contributed by atoms with Gasteiger partial charge in [0.05, 0.1) is 16.1 Å². The Balaban J connectivity index is 2.11. The molecular weight excluding hydrogens is 437 g/mol. The number of benzene rings is 2. The molecule has 0 spiro atoms. The average molecular weight is 451 g/mol. The lowest BCUT2D eigenvalue weighted by atomic mass is 10.2. The van der Waals surface area contributed by atoms with E-state index in [1.54, 1.807) is 0 Å². The number of alkyl halides is 3. The zero-order valence-corrected chi connectivity index (χ0v) is 16.2. The van der Waals surface area contributed by atoms with Crippen LogP contribution in [0.15, 0.2) is 47.4 Å². The van der Waals surface area contributed by atoms with Gasteiger partial charge in [-0.1, -0.05) is 17.7 Å². The number of carbonyl (C=O) groups excluding carboxylic acids is 2. The Labute approximate surface area is 168 Å². The molecule has 0 aliphatic rings. The van der Waals surface area contributed by atoms with Crippen LogP contribution in [0.25, 0.3) is 0 Å². The number of nitrogens with two attached hydrogens (primary N) is 1. The Morgan fingerprint density at radius 1 is 1.17 bits per heavy atom. The highest BCUT2D eigenvalue weighted by molar-refractivity contribution is 7.89. The zero-order valence-electron chi connectivity index (χ0n) is 14.7. The summed E-state index contributed by atoms with van der Waals surface area (Å²) in [5.74, 6) is -1.95. The van der Waals surface area contributed by atoms with Gasteiger partial charge in [0.25, 0.3) is 5.91 Å². The first-order valence-electron chi connectivity index (χ1n) is 7.80. The van der Waals surface area contributed by atoms with Gasteiger partial charge in [0.2, 0.25) is 10.0 Å². The lowest BCUT2D eigenvalue weighted by Crippen LogP contribution is -2.30. The van der Waals surface area contributed by atoms with E-state index in [9.17, 15) is 31.2 Å². The minimum Gasteiger partial charge on any atom is -0.449 e. The number of amides is 1. The maximum absolute atomic E-state index is 12.7. The van der Waals surface area contributed by atoms with E-state index in [0.29, 0.717) is 0 Å². The summed E-state index contributed by atoms with van der Waals surface area (Å²) in [5.41, 5.74) is -1.34. The largest absolute Gasteiger partial charge is 0.449 e. The van der Waals surface area contributed by atoms with Gasteiger partial charge in [-0.05, 0) is 43.3 Å². The van der Waals surface area contributed by atoms with Crippen molar-refractivity contribution in [2.75, 3.05) is 5.32 Å². The van der Waals surface area contributed by atoms with Crippen LogP contribution in [-0.4, -0.2) is 26.4 Å². The van der Waals surface area contributed by atoms with Gasteiger partial charge in [0, 0.05) is 5.69 Å². The van der Waals surface area contributed by atoms with Gasteiger partial charge in [-0.25, -0.2) is 18.4 Å². The molecule has 3 N–H and O–H groups in total. The molecule has 2 aromatic carbocycles. The van der Waals surface area contributed by atoms with Crippen molar-refractivity contribution in [1.82, 2.24) is 0 Å². The van der Waals surface area contributed by atoms with Gasteiger partial charge < -0.3 is 10.1 Å². The summed E-state index contributed by atoms with van der Waals surface area (Å²) in [7, 11) is -4.20. The van der Waals surface area contributed by atoms with Crippen LogP contribution in [0.3, 0.4) is 0 Å². The molecule has 0 saturated heterocycles. The van der Waals surface area contributed by atoms with Crippen molar-refractivity contribution >= 4 is 39.2 Å². The highest BCUT2D eigenvalue weighted by Crippen LogP contribution is 2.30. The van der Waals surface area contributed by atoms with Gasteiger partial charge in [-0.15, -0.1) is 0 Å². The third-order valence-electron chi connectivity index (χ3n) is 3.58. The highest BCUT2D eigenvalue weighted by atomic mass is 35.5. The molecule has 0 aromatic heterocycles. The maximum atomic E-state index is 12.7. The molecule has 2 aromatic rings. The van der Waals surface area contributed by atoms with Crippen LogP contribution < -0.4 is 10.5 Å². The first-order chi connectivity index (χ1) is 13.3. The molecule has 7 nitrogen and oxygen atoms in total. The van der Waals surface area contributed by atoms with Crippen molar-refractivity contribution in [1.29, 1.82) is 0 Å². The monoisotopic (exact) mass is 450 g/mol. The van der Waals surface area contributed by atoms with E-state index >= 15 is 0 Å². The molecular formula is C17H14ClF3N2O5S. The molecule has 0 bridgehead atoms. The van der Waals surface area contributed by atoms with E-state index in [2.05, 4.69) is 5.32 Å². The molecule has 0 aliphatic carbocycles. The van der Waals surface area contributed by atoms with E-state index < -0.39 is 44.6 Å². The van der Waals surface area contributed by atoms with Crippen molar-refractivity contribution < 1.29 is 35.9 Å². The number of hydrogen-bond acceptors (Lipinski definition) is 5. The number of esters is 1. The van der Waals surface area contributed by atoms with Crippen molar-refractivity contribution in [2.45, 2.75) is 24.1 Å². The third kappa shape index (κ3) is 5.92. The van der Waals surface area contributed by atoms with Gasteiger partial charge in [0.1, 0.15) is 4.90 Å². The van der Waals surface area contributed by atoms with Gasteiger partial charge in [-0.2, -0.15) is 13.2 Å². The number of sulfonamides is 1. The molecule has 0 saturated carbocycles. The molecule has 1 unspecified atom stereocenters. The Kier molecular flexibility index (Phi) is 6.56. The number of primary sulfonamides is 1. The highest BCUT2D eigenvalue weighted by Gasteiger charge is 2.30. The molecule has 29 heavy (non-hydrogen) atoms. The molecule has 1 atom stereocenters. The Bertz CT molecular complexity index is 1060. The summed E-state index contributed by atoms with van der Waals surface area (Å²) in [6, 6.07) is 7.07. The zero-order chi connectivity index (χ0) is 22.0. The SMILES string of the molecule is CC(OC(=O)c1ccc(Cl)c(S(N)(=O)=O)c1)C(=O)Nc1cccc(C(F)(F)F)c1. The van der Waals surface area contributed by atoms with Gasteiger partial charge in [-0.3, -0.25) is 4.79 Å². The molecule has 0 aliphatic heterocycles. The standard InChI is InChI=1S/C17H14ClF3N2O5S/c1-9(15(24)23-12-4-2-3-11(8-12)17(19,20)21)28-16(25)10-5-6-13(18)14(7-10)29(22,26)27/h2-9H,1H3,(H,23,24)(H2,22,26,27). The summed E-state index contributed by atoms with van der Waals surface area (Å²) in [6.07, 6.45) is -5.99. The van der Waals surface area contributed by atoms with Gasteiger partial charge >= 0.3 is 12.1 Å². The topological polar surface area (TPSA) is 116 Å². The van der Waals surface area contributed by atoms with Crippen LogP contribution in [0.5, 0.6) is 0 Å². The van der Waals surface area contributed by atoms with Crippen LogP contribution in [0.2, 0.25) is 5.02 Å². The lowest BCUT2D eigenvalue weighted by molar-refractivity contribution is -0.137. The Morgan fingerprint density at radius 3 is 2.41 bits per heavy atom. The third-order valence-corrected chi connectivity index (χ3v) is 4.98. The second-order valence-corrected chi connectivity index (χ2v) is 7.74. The Morgan fingerprint density at radius 2 is 1.83 bits per heavy atom. The smallest absolute Gasteiger partial charge is 0.416 e. The van der Waals surface area contributed by atoms with Gasteiger partial charge in [0.15, 0.2) is 6.10 Å². The normalized spacial score (nSPS) is 12.9. The molecule has 1 amide bonds. The fourth-order valence-electron chi connectivity index (χ4n) is 2.15. The maximum Gasteiger partial charge on any atom is 0.416 e. The van der Waals surface area contributed by atoms with E-state index in [4.69, 9.17) is 21.5 Å². The van der Waals surface area contributed by atoms with E-state index in [-0.39, 0.29) is 16.3 Å². The number of anilines is 1. The molecule has 156 valence electrons. The van der Waals surface area contributed by atoms with Crippen LogP contribution in [0.4, 0.5) is 18.9 Å².